The molecule has 1 heterocycles. The van der Waals surface area contributed by atoms with E-state index in [0.717, 1.165) is 12.1 Å². The van der Waals surface area contributed by atoms with Crippen molar-refractivity contribution in [2.75, 3.05) is 5.75 Å². The van der Waals surface area contributed by atoms with Crippen LogP contribution in [0.5, 0.6) is 11.5 Å². The summed E-state index contributed by atoms with van der Waals surface area (Å²) >= 11 is 0. The number of ether oxygens (including phenoxy) is 1. The van der Waals surface area contributed by atoms with E-state index in [2.05, 4.69) is 0 Å². The Morgan fingerprint density at radius 1 is 1.19 bits per heavy atom. The van der Waals surface area contributed by atoms with Crippen LogP contribution < -0.4 is 0 Å². The SMILES string of the molecule is C[C@H]1C/C=C/[C@@H](O)[C@@H](O)CCCS(=O)(=O)Cc2cc(O)cc(O)c2C(=O)O1. The van der Waals surface area contributed by atoms with Gasteiger partial charge in [-0.3, -0.25) is 0 Å². The summed E-state index contributed by atoms with van der Waals surface area (Å²) in [6.45, 7) is 1.59. The molecule has 0 radical (unpaired) electrons. The number of rotatable bonds is 0. The summed E-state index contributed by atoms with van der Waals surface area (Å²) in [4.78, 5) is 12.4. The van der Waals surface area contributed by atoms with Crippen LogP contribution in [0.15, 0.2) is 24.3 Å². The van der Waals surface area contributed by atoms with E-state index < -0.39 is 45.6 Å². The van der Waals surface area contributed by atoms with Crippen molar-refractivity contribution in [3.05, 3.63) is 35.4 Å². The molecule has 1 aromatic rings. The zero-order valence-corrected chi connectivity index (χ0v) is 15.7. The number of phenolic OH excluding ortho intramolecular Hbond substituents is 2. The zero-order chi connectivity index (χ0) is 20.2. The minimum atomic E-state index is -3.71. The number of hydrogen-bond donors (Lipinski definition) is 4. The molecule has 9 heteroatoms. The minimum Gasteiger partial charge on any atom is -0.508 e. The highest BCUT2D eigenvalue weighted by atomic mass is 32.2. The van der Waals surface area contributed by atoms with Crippen LogP contribution in [0.4, 0.5) is 0 Å². The van der Waals surface area contributed by atoms with Crippen molar-refractivity contribution in [3.8, 4) is 11.5 Å². The van der Waals surface area contributed by atoms with Gasteiger partial charge in [0.05, 0.1) is 23.7 Å². The summed E-state index contributed by atoms with van der Waals surface area (Å²) in [5.74, 6) is -2.72. The second kappa shape index (κ2) is 8.73. The van der Waals surface area contributed by atoms with Gasteiger partial charge < -0.3 is 25.2 Å². The third kappa shape index (κ3) is 5.95. The predicted octanol–water partition coefficient (Wildman–Crippen LogP) is 1.02. The van der Waals surface area contributed by atoms with Gasteiger partial charge >= 0.3 is 5.97 Å². The lowest BCUT2D eigenvalue weighted by atomic mass is 10.1. The molecule has 0 saturated heterocycles. The molecule has 0 fully saturated rings. The molecule has 3 atom stereocenters. The van der Waals surface area contributed by atoms with Gasteiger partial charge in [0.2, 0.25) is 0 Å². The fourth-order valence-corrected chi connectivity index (χ4v) is 4.29. The lowest BCUT2D eigenvalue weighted by molar-refractivity contribution is 0.0336. The molecule has 0 unspecified atom stereocenters. The van der Waals surface area contributed by atoms with Gasteiger partial charge in [-0.15, -0.1) is 0 Å². The number of benzene rings is 1. The Labute approximate surface area is 157 Å². The Morgan fingerprint density at radius 2 is 1.89 bits per heavy atom. The molecule has 1 aromatic carbocycles. The van der Waals surface area contributed by atoms with E-state index in [0.29, 0.717) is 0 Å². The predicted molar refractivity (Wildman–Crippen MR) is 97.1 cm³/mol. The highest BCUT2D eigenvalue weighted by molar-refractivity contribution is 7.90. The zero-order valence-electron chi connectivity index (χ0n) is 14.9. The van der Waals surface area contributed by atoms with E-state index in [-0.39, 0.29) is 41.9 Å². The molecule has 0 bridgehead atoms. The Kier molecular flexibility index (Phi) is 6.85. The number of aliphatic hydroxyl groups excluding tert-OH is 2. The molecule has 4 N–H and O–H groups in total. The van der Waals surface area contributed by atoms with E-state index in [1.807, 2.05) is 0 Å². The normalized spacial score (nSPS) is 28.3. The van der Waals surface area contributed by atoms with Crippen molar-refractivity contribution in [1.29, 1.82) is 0 Å². The Balaban J connectivity index is 2.41. The molecule has 1 aliphatic heterocycles. The van der Waals surface area contributed by atoms with Crippen LogP contribution in [0.2, 0.25) is 0 Å². The third-order valence-corrected chi connectivity index (χ3v) is 5.88. The van der Waals surface area contributed by atoms with Crippen LogP contribution in [0.25, 0.3) is 0 Å². The van der Waals surface area contributed by atoms with Crippen molar-refractivity contribution in [2.24, 2.45) is 0 Å². The topological polar surface area (TPSA) is 141 Å². The number of sulfone groups is 1. The number of aliphatic hydroxyl groups is 2. The van der Waals surface area contributed by atoms with E-state index in [1.165, 1.54) is 6.08 Å². The van der Waals surface area contributed by atoms with Crippen molar-refractivity contribution in [3.63, 3.8) is 0 Å². The largest absolute Gasteiger partial charge is 0.508 e. The summed E-state index contributed by atoms with van der Waals surface area (Å²) < 4.78 is 30.0. The fourth-order valence-electron chi connectivity index (χ4n) is 2.84. The smallest absolute Gasteiger partial charge is 0.342 e. The van der Waals surface area contributed by atoms with E-state index in [1.54, 1.807) is 13.0 Å². The van der Waals surface area contributed by atoms with Crippen molar-refractivity contribution < 1.29 is 38.4 Å². The highest BCUT2D eigenvalue weighted by Crippen LogP contribution is 2.30. The van der Waals surface area contributed by atoms with E-state index >= 15 is 0 Å². The second-order valence-electron chi connectivity index (χ2n) is 6.67. The van der Waals surface area contributed by atoms with Crippen LogP contribution >= 0.6 is 0 Å². The van der Waals surface area contributed by atoms with Crippen molar-refractivity contribution in [1.82, 2.24) is 0 Å². The van der Waals surface area contributed by atoms with Gasteiger partial charge in [-0.1, -0.05) is 12.2 Å². The Morgan fingerprint density at radius 3 is 2.59 bits per heavy atom. The molecule has 0 aromatic heterocycles. The maximum absolute atomic E-state index is 12.4. The first kappa shape index (κ1) is 21.2. The quantitative estimate of drug-likeness (QED) is 0.374. The maximum Gasteiger partial charge on any atom is 0.342 e. The summed E-state index contributed by atoms with van der Waals surface area (Å²) in [5, 5.41) is 39.5. The van der Waals surface area contributed by atoms with Gasteiger partial charge in [-0.2, -0.15) is 0 Å². The minimum absolute atomic E-state index is 0.0595. The van der Waals surface area contributed by atoms with E-state index in [4.69, 9.17) is 4.74 Å². The molecule has 0 amide bonds. The van der Waals surface area contributed by atoms with Gasteiger partial charge in [0, 0.05) is 12.5 Å². The number of fused-ring (bicyclic) bond motifs is 1. The molecule has 0 saturated carbocycles. The Bertz CT molecular complexity index is 815. The third-order valence-electron chi connectivity index (χ3n) is 4.22. The molecule has 2 rings (SSSR count). The maximum atomic E-state index is 12.4. The Hall–Kier alpha value is -2.10. The summed E-state index contributed by atoms with van der Waals surface area (Å²) in [7, 11) is -3.71. The standard InChI is InChI=1S/C18H24O8S/c1-11-4-2-5-14(20)15(21)6-3-7-27(24,25)10-12-8-13(19)9-16(22)17(12)18(23)26-11/h2,5,8-9,11,14-15,19-22H,3-4,6-7,10H2,1H3/b5-2+/t11-,14+,15-/m0/s1. The summed E-state index contributed by atoms with van der Waals surface area (Å²) in [6.07, 6.45) is 0.470. The molecule has 8 nitrogen and oxygen atoms in total. The average molecular weight is 400 g/mol. The number of cyclic esters (lactones) is 1. The van der Waals surface area contributed by atoms with Crippen LogP contribution in [-0.4, -0.2) is 58.9 Å². The van der Waals surface area contributed by atoms with Gasteiger partial charge in [-0.05, 0) is 31.4 Å². The lowest BCUT2D eigenvalue weighted by Crippen LogP contribution is -2.24. The monoisotopic (exact) mass is 400 g/mol. The van der Waals surface area contributed by atoms with Crippen LogP contribution in [0.1, 0.15) is 42.1 Å². The van der Waals surface area contributed by atoms with Gasteiger partial charge in [0.1, 0.15) is 23.2 Å². The molecular formula is C18H24O8S. The fraction of sp³-hybridized carbons (Fsp3) is 0.500. The number of esters is 1. The molecule has 27 heavy (non-hydrogen) atoms. The average Bonchev–Trinajstić information content (AvgIpc) is 2.52. The molecule has 0 spiro atoms. The number of carbonyl (C=O) groups is 1. The first-order valence-electron chi connectivity index (χ1n) is 8.58. The number of phenols is 2. The summed E-state index contributed by atoms with van der Waals surface area (Å²) in [6, 6.07) is 2.05. The molecular weight excluding hydrogens is 376 g/mol. The molecule has 1 aliphatic rings. The van der Waals surface area contributed by atoms with Crippen LogP contribution in [0.3, 0.4) is 0 Å². The molecule has 0 aliphatic carbocycles. The van der Waals surface area contributed by atoms with Crippen molar-refractivity contribution in [2.45, 2.75) is 50.3 Å². The van der Waals surface area contributed by atoms with Crippen molar-refractivity contribution >= 4 is 15.8 Å². The first-order valence-corrected chi connectivity index (χ1v) is 10.4. The van der Waals surface area contributed by atoms with Crippen LogP contribution in [-0.2, 0) is 20.3 Å². The first-order chi connectivity index (χ1) is 12.6. The number of carbonyl (C=O) groups excluding carboxylic acids is 1. The van der Waals surface area contributed by atoms with Gasteiger partial charge in [-0.25, -0.2) is 13.2 Å². The summed E-state index contributed by atoms with van der Waals surface area (Å²) in [5.41, 5.74) is -0.363. The highest BCUT2D eigenvalue weighted by Gasteiger charge is 2.25. The number of aromatic hydroxyl groups is 2. The van der Waals surface area contributed by atoms with Crippen LogP contribution in [0, 0.1) is 0 Å². The number of hydrogen-bond acceptors (Lipinski definition) is 8. The second-order valence-corrected chi connectivity index (χ2v) is 8.86. The molecule has 150 valence electrons. The lowest BCUT2D eigenvalue weighted by Gasteiger charge is -2.15. The van der Waals surface area contributed by atoms with Gasteiger partial charge in [0.15, 0.2) is 9.84 Å². The van der Waals surface area contributed by atoms with Gasteiger partial charge in [0.25, 0.3) is 0 Å². The van der Waals surface area contributed by atoms with E-state index in [9.17, 15) is 33.6 Å².